The van der Waals surface area contributed by atoms with E-state index < -0.39 is 6.04 Å². The highest BCUT2D eigenvalue weighted by molar-refractivity contribution is 5.78. The fourth-order valence-electron chi connectivity index (χ4n) is 2.15. The molecule has 23 heavy (non-hydrogen) atoms. The van der Waals surface area contributed by atoms with Gasteiger partial charge in [-0.1, -0.05) is 30.3 Å². The zero-order valence-corrected chi connectivity index (χ0v) is 13.0. The van der Waals surface area contributed by atoms with Crippen LogP contribution in [0, 0.1) is 0 Å². The zero-order chi connectivity index (χ0) is 16.5. The maximum atomic E-state index is 12.1. The van der Waals surface area contributed by atoms with Crippen LogP contribution in [-0.2, 0) is 20.9 Å². The summed E-state index contributed by atoms with van der Waals surface area (Å²) in [5.41, 5.74) is 0.870. The quantitative estimate of drug-likeness (QED) is 0.746. The summed E-state index contributed by atoms with van der Waals surface area (Å²) < 4.78 is 6.57. The van der Waals surface area contributed by atoms with Gasteiger partial charge in [0, 0.05) is 6.42 Å². The largest absolute Gasteiger partial charge is 0.466 e. The van der Waals surface area contributed by atoms with Crippen molar-refractivity contribution in [2.75, 3.05) is 6.61 Å². The van der Waals surface area contributed by atoms with Crippen LogP contribution in [0.2, 0.25) is 0 Å². The van der Waals surface area contributed by atoms with E-state index in [2.05, 4.69) is 15.4 Å². The average Bonchev–Trinajstić information content (AvgIpc) is 3.07. The van der Waals surface area contributed by atoms with Crippen LogP contribution >= 0.6 is 0 Å². The molecule has 1 atom stereocenters. The van der Waals surface area contributed by atoms with Crippen molar-refractivity contribution in [1.29, 1.82) is 0 Å². The molecule has 1 amide bonds. The number of aryl methyl sites for hydroxylation is 1. The molecule has 0 fully saturated rings. The number of hydrogen-bond acceptors (Lipinski definition) is 5. The number of benzene rings is 1. The Morgan fingerprint density at radius 1 is 1.30 bits per heavy atom. The fourth-order valence-corrected chi connectivity index (χ4v) is 2.15. The number of amides is 1. The second-order valence-electron chi connectivity index (χ2n) is 4.95. The molecule has 1 aromatic carbocycles. The van der Waals surface area contributed by atoms with E-state index in [0.29, 0.717) is 13.2 Å². The molecule has 1 aromatic heterocycles. The molecule has 2 aromatic rings. The lowest BCUT2D eigenvalue weighted by Crippen LogP contribution is -2.31. The number of esters is 1. The van der Waals surface area contributed by atoms with Crippen molar-refractivity contribution in [2.45, 2.75) is 32.4 Å². The third kappa shape index (κ3) is 5.54. The minimum atomic E-state index is -0.404. The number of carbonyl (C=O) groups is 2. The second-order valence-corrected chi connectivity index (χ2v) is 4.95. The standard InChI is InChI=1S/C16H20N4O3/c1-2-23-16(22)10-14(13-6-4-3-5-7-13)19-15(21)8-9-20-12-17-11-18-20/h3-7,11-12,14H,2,8-10H2,1H3,(H,19,21). The first-order valence-electron chi connectivity index (χ1n) is 7.51. The van der Waals surface area contributed by atoms with Crippen molar-refractivity contribution in [1.82, 2.24) is 20.1 Å². The molecule has 0 saturated heterocycles. The van der Waals surface area contributed by atoms with Crippen LogP contribution in [0.25, 0.3) is 0 Å². The lowest BCUT2D eigenvalue weighted by Gasteiger charge is -2.18. The molecule has 0 aliphatic carbocycles. The number of hydrogen-bond donors (Lipinski definition) is 1. The predicted molar refractivity (Wildman–Crippen MR) is 83.2 cm³/mol. The van der Waals surface area contributed by atoms with Gasteiger partial charge in [-0.05, 0) is 12.5 Å². The van der Waals surface area contributed by atoms with Gasteiger partial charge >= 0.3 is 5.97 Å². The number of nitrogens with one attached hydrogen (secondary N) is 1. The predicted octanol–water partition coefficient (Wildman–Crippen LogP) is 1.48. The summed E-state index contributed by atoms with van der Waals surface area (Å²) in [6, 6.07) is 8.98. The molecule has 122 valence electrons. The van der Waals surface area contributed by atoms with Gasteiger partial charge in [-0.3, -0.25) is 14.3 Å². The van der Waals surface area contributed by atoms with Gasteiger partial charge in [0.1, 0.15) is 12.7 Å². The summed E-state index contributed by atoms with van der Waals surface area (Å²) in [7, 11) is 0. The van der Waals surface area contributed by atoms with Gasteiger partial charge in [-0.2, -0.15) is 5.10 Å². The van der Waals surface area contributed by atoms with E-state index in [0.717, 1.165) is 5.56 Å². The summed E-state index contributed by atoms with van der Waals surface area (Å²) >= 11 is 0. The highest BCUT2D eigenvalue weighted by atomic mass is 16.5. The maximum absolute atomic E-state index is 12.1. The van der Waals surface area contributed by atoms with Gasteiger partial charge in [0.15, 0.2) is 0 Å². The summed E-state index contributed by atoms with van der Waals surface area (Å²) in [6.45, 7) is 2.51. The number of nitrogens with zero attached hydrogens (tertiary/aromatic N) is 3. The van der Waals surface area contributed by atoms with Crippen LogP contribution in [0.1, 0.15) is 31.4 Å². The fraction of sp³-hybridized carbons (Fsp3) is 0.375. The number of aromatic nitrogens is 3. The molecule has 0 radical (unpaired) electrons. The summed E-state index contributed by atoms with van der Waals surface area (Å²) in [5.74, 6) is -0.489. The van der Waals surface area contributed by atoms with Crippen LogP contribution in [-0.4, -0.2) is 33.2 Å². The van der Waals surface area contributed by atoms with Crippen LogP contribution in [0.5, 0.6) is 0 Å². The Hall–Kier alpha value is -2.70. The molecule has 1 N–H and O–H groups in total. The van der Waals surface area contributed by atoms with Crippen molar-refractivity contribution in [2.24, 2.45) is 0 Å². The van der Waals surface area contributed by atoms with Gasteiger partial charge in [-0.15, -0.1) is 0 Å². The van der Waals surface area contributed by atoms with Crippen LogP contribution in [0.15, 0.2) is 43.0 Å². The van der Waals surface area contributed by atoms with Crippen molar-refractivity contribution in [3.8, 4) is 0 Å². The Bertz CT molecular complexity index is 614. The summed E-state index contributed by atoms with van der Waals surface area (Å²) in [6.07, 6.45) is 3.34. The van der Waals surface area contributed by atoms with E-state index >= 15 is 0 Å². The van der Waals surface area contributed by atoms with Crippen molar-refractivity contribution in [3.05, 3.63) is 48.5 Å². The Labute approximate surface area is 134 Å². The second kappa shape index (κ2) is 8.67. The van der Waals surface area contributed by atoms with Crippen LogP contribution < -0.4 is 5.32 Å². The van der Waals surface area contributed by atoms with E-state index in [4.69, 9.17) is 4.74 Å². The third-order valence-corrected chi connectivity index (χ3v) is 3.25. The van der Waals surface area contributed by atoms with Gasteiger partial charge in [-0.25, -0.2) is 4.98 Å². The highest BCUT2D eigenvalue weighted by Gasteiger charge is 2.19. The molecule has 1 unspecified atom stereocenters. The summed E-state index contributed by atoms with van der Waals surface area (Å²) in [4.78, 5) is 27.7. The van der Waals surface area contributed by atoms with Crippen molar-refractivity contribution >= 4 is 11.9 Å². The molecule has 0 bridgehead atoms. The molecule has 0 saturated carbocycles. The topological polar surface area (TPSA) is 86.1 Å². The minimum Gasteiger partial charge on any atom is -0.466 e. The molecule has 7 nitrogen and oxygen atoms in total. The van der Waals surface area contributed by atoms with Gasteiger partial charge in [0.25, 0.3) is 0 Å². The van der Waals surface area contributed by atoms with E-state index in [1.807, 2.05) is 30.3 Å². The lowest BCUT2D eigenvalue weighted by molar-refractivity contribution is -0.143. The zero-order valence-electron chi connectivity index (χ0n) is 13.0. The SMILES string of the molecule is CCOC(=O)CC(NC(=O)CCn1cncn1)c1ccccc1. The Balaban J connectivity index is 1.96. The van der Waals surface area contributed by atoms with Gasteiger partial charge in [0.05, 0.1) is 25.6 Å². The first-order chi connectivity index (χ1) is 11.2. The number of carbonyl (C=O) groups excluding carboxylic acids is 2. The molecular formula is C16H20N4O3. The van der Waals surface area contributed by atoms with Crippen molar-refractivity contribution in [3.63, 3.8) is 0 Å². The van der Waals surface area contributed by atoms with E-state index in [1.165, 1.54) is 6.33 Å². The van der Waals surface area contributed by atoms with Crippen LogP contribution in [0.4, 0.5) is 0 Å². The molecular weight excluding hydrogens is 296 g/mol. The number of ether oxygens (including phenoxy) is 1. The van der Waals surface area contributed by atoms with Gasteiger partial charge in [0.2, 0.25) is 5.91 Å². The monoisotopic (exact) mass is 316 g/mol. The minimum absolute atomic E-state index is 0.104. The Morgan fingerprint density at radius 2 is 2.09 bits per heavy atom. The molecule has 1 heterocycles. The highest BCUT2D eigenvalue weighted by Crippen LogP contribution is 2.17. The van der Waals surface area contributed by atoms with E-state index in [-0.39, 0.29) is 24.7 Å². The first-order valence-corrected chi connectivity index (χ1v) is 7.51. The normalized spacial score (nSPS) is 11.7. The third-order valence-electron chi connectivity index (χ3n) is 3.25. The summed E-state index contributed by atoms with van der Waals surface area (Å²) in [5, 5.41) is 6.83. The lowest BCUT2D eigenvalue weighted by atomic mass is 10.0. The Morgan fingerprint density at radius 3 is 2.74 bits per heavy atom. The maximum Gasteiger partial charge on any atom is 0.308 e. The first kappa shape index (κ1) is 16.7. The molecule has 2 rings (SSSR count). The molecule has 0 aliphatic rings. The molecule has 0 aliphatic heterocycles. The van der Waals surface area contributed by atoms with E-state index in [9.17, 15) is 9.59 Å². The smallest absolute Gasteiger partial charge is 0.308 e. The van der Waals surface area contributed by atoms with Crippen LogP contribution in [0.3, 0.4) is 0 Å². The molecule has 0 spiro atoms. The van der Waals surface area contributed by atoms with Crippen molar-refractivity contribution < 1.29 is 14.3 Å². The Kier molecular flexibility index (Phi) is 6.28. The molecule has 7 heteroatoms. The average molecular weight is 316 g/mol. The van der Waals surface area contributed by atoms with E-state index in [1.54, 1.807) is 17.9 Å². The van der Waals surface area contributed by atoms with Gasteiger partial charge < -0.3 is 10.1 Å². The number of rotatable bonds is 8.